The van der Waals surface area contributed by atoms with Crippen LogP contribution in [0.5, 0.6) is 5.75 Å². The molecule has 1 saturated heterocycles. The van der Waals surface area contributed by atoms with Crippen molar-refractivity contribution in [3.05, 3.63) is 76.3 Å². The molecule has 0 radical (unpaired) electrons. The van der Waals surface area contributed by atoms with Crippen molar-refractivity contribution in [1.29, 1.82) is 0 Å². The van der Waals surface area contributed by atoms with Gasteiger partial charge in [-0.05, 0) is 29.8 Å². The Balaban J connectivity index is 1.44. The summed E-state index contributed by atoms with van der Waals surface area (Å²) in [6.07, 6.45) is 2.80. The fraction of sp³-hybridized carbons (Fsp3) is 0.333. The van der Waals surface area contributed by atoms with Gasteiger partial charge in [0.2, 0.25) is 5.79 Å². The van der Waals surface area contributed by atoms with E-state index in [2.05, 4.69) is 10.1 Å². The molecule has 0 N–H and O–H groups in total. The zero-order valence-corrected chi connectivity index (χ0v) is 17.8. The maximum Gasteiger partial charge on any atom is 0.217 e. The quantitative estimate of drug-likeness (QED) is 0.515. The maximum absolute atomic E-state index is 6.46. The van der Waals surface area contributed by atoms with E-state index in [1.54, 1.807) is 30.3 Å². The fourth-order valence-corrected chi connectivity index (χ4v) is 3.86. The molecule has 1 fully saturated rings. The molecule has 2 heterocycles. The average Bonchev–Trinajstić information content (AvgIpc) is 3.39. The Morgan fingerprint density at radius 3 is 2.73 bits per heavy atom. The van der Waals surface area contributed by atoms with Gasteiger partial charge in [-0.3, -0.25) is 0 Å². The van der Waals surface area contributed by atoms with Gasteiger partial charge in [-0.2, -0.15) is 5.10 Å². The molecule has 2 aromatic carbocycles. The third-order valence-corrected chi connectivity index (χ3v) is 5.32. The summed E-state index contributed by atoms with van der Waals surface area (Å²) in [5.74, 6) is -0.298. The van der Waals surface area contributed by atoms with E-state index in [1.165, 1.54) is 6.33 Å². The van der Waals surface area contributed by atoms with Crippen LogP contribution in [0, 0.1) is 0 Å². The van der Waals surface area contributed by atoms with Crippen molar-refractivity contribution in [3.8, 4) is 5.75 Å². The van der Waals surface area contributed by atoms with Gasteiger partial charge in [0.1, 0.15) is 31.1 Å². The van der Waals surface area contributed by atoms with Gasteiger partial charge in [-0.1, -0.05) is 41.4 Å². The number of nitrogens with zero attached hydrogens (tertiary/aromatic N) is 3. The summed E-state index contributed by atoms with van der Waals surface area (Å²) in [6, 6.07) is 13.0. The zero-order valence-electron chi connectivity index (χ0n) is 16.3. The largest absolute Gasteiger partial charge is 0.497 e. The van der Waals surface area contributed by atoms with Crippen LogP contribution in [0.25, 0.3) is 0 Å². The van der Waals surface area contributed by atoms with Crippen LogP contribution >= 0.6 is 23.2 Å². The van der Waals surface area contributed by atoms with E-state index in [0.717, 1.165) is 11.3 Å². The highest BCUT2D eigenvalue weighted by Crippen LogP contribution is 2.40. The first-order valence-electron chi connectivity index (χ1n) is 9.38. The minimum Gasteiger partial charge on any atom is -0.497 e. The number of benzene rings is 2. The van der Waals surface area contributed by atoms with E-state index in [9.17, 15) is 0 Å². The van der Waals surface area contributed by atoms with E-state index in [-0.39, 0.29) is 6.10 Å². The molecular formula is C21H21Cl2N3O4. The number of hydrogen-bond donors (Lipinski definition) is 0. The highest BCUT2D eigenvalue weighted by atomic mass is 35.5. The van der Waals surface area contributed by atoms with E-state index in [4.69, 9.17) is 42.1 Å². The van der Waals surface area contributed by atoms with Crippen molar-refractivity contribution in [2.75, 3.05) is 20.3 Å². The summed E-state index contributed by atoms with van der Waals surface area (Å²) >= 11 is 12.5. The first-order chi connectivity index (χ1) is 14.6. The lowest BCUT2D eigenvalue weighted by atomic mass is 10.1. The van der Waals surface area contributed by atoms with Gasteiger partial charge in [-0.25, -0.2) is 9.67 Å². The SMILES string of the molecule is COc1ccc(COC[C@@H]2CO[C@@](Cn3cncn3)(c3ccc(Cl)cc3Cl)O2)cc1. The smallest absolute Gasteiger partial charge is 0.217 e. The Bertz CT molecular complexity index is 969. The second-order valence-corrected chi connectivity index (χ2v) is 7.73. The highest BCUT2D eigenvalue weighted by Gasteiger charge is 2.45. The summed E-state index contributed by atoms with van der Waals surface area (Å²) < 4.78 is 25.1. The number of hydrogen-bond acceptors (Lipinski definition) is 6. The molecular weight excluding hydrogens is 429 g/mol. The minimum absolute atomic E-state index is 0.265. The second kappa shape index (κ2) is 9.32. The van der Waals surface area contributed by atoms with Gasteiger partial charge in [-0.15, -0.1) is 0 Å². The van der Waals surface area contributed by atoms with Crippen LogP contribution in [0.2, 0.25) is 10.0 Å². The van der Waals surface area contributed by atoms with Gasteiger partial charge in [0, 0.05) is 10.6 Å². The lowest BCUT2D eigenvalue weighted by Gasteiger charge is -2.29. The molecule has 7 nitrogen and oxygen atoms in total. The summed E-state index contributed by atoms with van der Waals surface area (Å²) in [4.78, 5) is 3.99. The molecule has 158 valence electrons. The van der Waals surface area contributed by atoms with Crippen LogP contribution in [-0.2, 0) is 33.1 Å². The van der Waals surface area contributed by atoms with E-state index in [1.807, 2.05) is 30.3 Å². The average molecular weight is 450 g/mol. The van der Waals surface area contributed by atoms with Crippen LogP contribution in [0.1, 0.15) is 11.1 Å². The predicted octanol–water partition coefficient (Wildman–Crippen LogP) is 4.08. The first kappa shape index (κ1) is 21.1. The Kier molecular flexibility index (Phi) is 6.55. The molecule has 2 atom stereocenters. The molecule has 0 saturated carbocycles. The number of ether oxygens (including phenoxy) is 4. The molecule has 1 aliphatic heterocycles. The standard InChI is InChI=1S/C21H21Cl2N3O4/c1-27-17-5-2-15(3-6-17)9-28-10-18-11-29-21(30-18,12-26-14-24-13-25-26)19-7-4-16(22)8-20(19)23/h2-8,13-14,18H,9-12H2,1H3/t18-,21-/m1/s1. The number of aromatic nitrogens is 3. The number of halogens is 2. The van der Waals surface area contributed by atoms with Crippen molar-refractivity contribution in [3.63, 3.8) is 0 Å². The molecule has 3 aromatic rings. The van der Waals surface area contributed by atoms with Gasteiger partial charge >= 0.3 is 0 Å². The molecule has 9 heteroatoms. The van der Waals surface area contributed by atoms with Crippen LogP contribution in [-0.4, -0.2) is 41.2 Å². The predicted molar refractivity (Wildman–Crippen MR) is 112 cm³/mol. The van der Waals surface area contributed by atoms with Gasteiger partial charge in [0.25, 0.3) is 0 Å². The molecule has 0 amide bonds. The van der Waals surface area contributed by atoms with Crippen LogP contribution in [0.3, 0.4) is 0 Å². The van der Waals surface area contributed by atoms with Crippen LogP contribution in [0.4, 0.5) is 0 Å². The molecule has 1 aliphatic rings. The van der Waals surface area contributed by atoms with Crippen molar-refractivity contribution >= 4 is 23.2 Å². The first-order valence-corrected chi connectivity index (χ1v) is 10.1. The molecule has 4 rings (SSSR count). The van der Waals surface area contributed by atoms with E-state index >= 15 is 0 Å². The van der Waals surface area contributed by atoms with Crippen molar-refractivity contribution in [1.82, 2.24) is 14.8 Å². The Morgan fingerprint density at radius 1 is 1.20 bits per heavy atom. The van der Waals surface area contributed by atoms with Crippen molar-refractivity contribution < 1.29 is 18.9 Å². The third kappa shape index (κ3) is 4.77. The molecule has 30 heavy (non-hydrogen) atoms. The summed E-state index contributed by atoms with van der Waals surface area (Å²) in [5, 5.41) is 5.17. The van der Waals surface area contributed by atoms with Crippen LogP contribution in [0.15, 0.2) is 55.1 Å². The lowest BCUT2D eigenvalue weighted by molar-refractivity contribution is -0.193. The van der Waals surface area contributed by atoms with Gasteiger partial charge in [0.05, 0.1) is 32.0 Å². The number of methoxy groups -OCH3 is 1. The summed E-state index contributed by atoms with van der Waals surface area (Å²) in [7, 11) is 1.64. The molecule has 0 unspecified atom stereocenters. The summed E-state index contributed by atoms with van der Waals surface area (Å²) in [6.45, 7) is 1.48. The molecule has 1 aromatic heterocycles. The monoisotopic (exact) mass is 449 g/mol. The number of rotatable bonds is 8. The lowest BCUT2D eigenvalue weighted by Crippen LogP contribution is -2.34. The van der Waals surface area contributed by atoms with Crippen molar-refractivity contribution in [2.24, 2.45) is 0 Å². The second-order valence-electron chi connectivity index (χ2n) is 6.88. The zero-order chi connectivity index (χ0) is 21.0. The van der Waals surface area contributed by atoms with Gasteiger partial charge < -0.3 is 18.9 Å². The van der Waals surface area contributed by atoms with Crippen molar-refractivity contribution in [2.45, 2.75) is 25.0 Å². The highest BCUT2D eigenvalue weighted by molar-refractivity contribution is 6.35. The topological polar surface area (TPSA) is 67.6 Å². The maximum atomic E-state index is 6.46. The molecule has 0 aliphatic carbocycles. The van der Waals surface area contributed by atoms with Gasteiger partial charge in [0.15, 0.2) is 0 Å². The van der Waals surface area contributed by atoms with E-state index in [0.29, 0.717) is 42.0 Å². The molecule has 0 spiro atoms. The summed E-state index contributed by atoms with van der Waals surface area (Å²) in [5.41, 5.74) is 1.73. The Hall–Kier alpha value is -2.16. The van der Waals surface area contributed by atoms with Crippen LogP contribution < -0.4 is 4.74 Å². The fourth-order valence-electron chi connectivity index (χ4n) is 3.31. The Labute approximate surface area is 184 Å². The molecule has 0 bridgehead atoms. The Morgan fingerprint density at radius 2 is 2.03 bits per heavy atom. The van der Waals surface area contributed by atoms with E-state index < -0.39 is 5.79 Å². The minimum atomic E-state index is -1.11. The third-order valence-electron chi connectivity index (χ3n) is 4.77. The normalized spacial score (nSPS) is 21.1.